The molecule has 1 aromatic rings. The van der Waals surface area contributed by atoms with Crippen molar-refractivity contribution in [1.29, 1.82) is 0 Å². The molecule has 86 valence electrons. The molecule has 1 heterocycles. The van der Waals surface area contributed by atoms with E-state index in [-0.39, 0.29) is 0 Å². The lowest BCUT2D eigenvalue weighted by atomic mass is 10.2. The summed E-state index contributed by atoms with van der Waals surface area (Å²) < 4.78 is 12.9. The Balaban J connectivity index is 2.78. The first kappa shape index (κ1) is 12.3. The molecule has 0 unspecified atom stereocenters. The van der Waals surface area contributed by atoms with Crippen LogP contribution in [0.1, 0.15) is 22.3 Å². The highest BCUT2D eigenvalue weighted by molar-refractivity contribution is 5.88. The molecule has 2 N–H and O–H groups in total. The normalized spacial score (nSPS) is 10.9. The number of hydrogen-bond acceptors (Lipinski definition) is 3. The number of nitrogens with one attached hydrogen (secondary N) is 1. The number of rotatable bonds is 5. The zero-order valence-corrected chi connectivity index (χ0v) is 8.90. The fourth-order valence-electron chi connectivity index (χ4n) is 1.15. The van der Waals surface area contributed by atoms with Gasteiger partial charge in [-0.15, -0.1) is 0 Å². The molecule has 0 aromatic carbocycles. The van der Waals surface area contributed by atoms with Gasteiger partial charge in [-0.05, 0) is 31.6 Å². The number of carboxylic acid groups (broad SMARTS) is 1. The summed E-state index contributed by atoms with van der Waals surface area (Å²) in [6.07, 6.45) is 5.71. The highest BCUT2D eigenvalue weighted by atomic mass is 19.1. The Morgan fingerprint density at radius 1 is 1.69 bits per heavy atom. The average molecular weight is 224 g/mol. The van der Waals surface area contributed by atoms with Gasteiger partial charge in [0.15, 0.2) is 0 Å². The van der Waals surface area contributed by atoms with E-state index in [1.54, 1.807) is 6.08 Å². The van der Waals surface area contributed by atoms with Gasteiger partial charge in [-0.25, -0.2) is 9.78 Å². The van der Waals surface area contributed by atoms with Crippen molar-refractivity contribution in [1.82, 2.24) is 10.3 Å². The highest BCUT2D eigenvalue weighted by Crippen LogP contribution is 2.09. The summed E-state index contributed by atoms with van der Waals surface area (Å²) in [6, 6.07) is 1.26. The van der Waals surface area contributed by atoms with Crippen molar-refractivity contribution in [2.75, 3.05) is 13.6 Å². The molecule has 5 heteroatoms. The van der Waals surface area contributed by atoms with Crippen molar-refractivity contribution in [3.63, 3.8) is 0 Å². The predicted molar refractivity (Wildman–Crippen MR) is 58.7 cm³/mol. The second-order valence-corrected chi connectivity index (χ2v) is 3.21. The zero-order chi connectivity index (χ0) is 12.0. The van der Waals surface area contributed by atoms with Crippen LogP contribution in [0.25, 0.3) is 6.08 Å². The first-order valence-electron chi connectivity index (χ1n) is 4.85. The van der Waals surface area contributed by atoms with Gasteiger partial charge >= 0.3 is 5.97 Å². The van der Waals surface area contributed by atoms with Crippen LogP contribution in [0.4, 0.5) is 4.39 Å². The smallest absolute Gasteiger partial charge is 0.340 e. The third-order valence-corrected chi connectivity index (χ3v) is 1.96. The van der Waals surface area contributed by atoms with Crippen LogP contribution in [0, 0.1) is 5.95 Å². The quantitative estimate of drug-likeness (QED) is 0.588. The van der Waals surface area contributed by atoms with E-state index in [4.69, 9.17) is 5.11 Å². The molecule has 0 saturated heterocycles. The second kappa shape index (κ2) is 5.97. The molecule has 0 saturated carbocycles. The van der Waals surface area contributed by atoms with Gasteiger partial charge in [0, 0.05) is 6.20 Å². The maximum absolute atomic E-state index is 12.9. The van der Waals surface area contributed by atoms with E-state index in [1.165, 1.54) is 12.3 Å². The van der Waals surface area contributed by atoms with E-state index in [2.05, 4.69) is 10.3 Å². The lowest BCUT2D eigenvalue weighted by Gasteiger charge is -1.98. The highest BCUT2D eigenvalue weighted by Gasteiger charge is 2.10. The predicted octanol–water partition coefficient (Wildman–Crippen LogP) is 1.54. The van der Waals surface area contributed by atoms with Gasteiger partial charge in [0.1, 0.15) is 5.56 Å². The molecule has 0 fully saturated rings. The lowest BCUT2D eigenvalue weighted by Crippen LogP contribution is -2.05. The summed E-state index contributed by atoms with van der Waals surface area (Å²) in [6.45, 7) is 0.830. The number of carbonyl (C=O) groups is 1. The van der Waals surface area contributed by atoms with E-state index in [0.29, 0.717) is 5.56 Å². The van der Waals surface area contributed by atoms with Crippen LogP contribution in [-0.4, -0.2) is 29.7 Å². The number of halogens is 1. The Hall–Kier alpha value is -1.75. The summed E-state index contributed by atoms with van der Waals surface area (Å²) in [5, 5.41) is 11.7. The van der Waals surface area contributed by atoms with Crippen molar-refractivity contribution in [2.45, 2.75) is 6.42 Å². The fraction of sp³-hybridized carbons (Fsp3) is 0.273. The second-order valence-electron chi connectivity index (χ2n) is 3.21. The van der Waals surface area contributed by atoms with Gasteiger partial charge in [-0.2, -0.15) is 4.39 Å². The summed E-state index contributed by atoms with van der Waals surface area (Å²) >= 11 is 0. The Bertz CT molecular complexity index is 405. The van der Waals surface area contributed by atoms with Gasteiger partial charge < -0.3 is 10.4 Å². The lowest BCUT2D eigenvalue weighted by molar-refractivity contribution is 0.0690. The molecule has 1 rings (SSSR count). The maximum Gasteiger partial charge on any atom is 0.340 e. The van der Waals surface area contributed by atoms with E-state index >= 15 is 0 Å². The number of aromatic carboxylic acids is 1. The summed E-state index contributed by atoms with van der Waals surface area (Å²) in [5.41, 5.74) is 0.172. The van der Waals surface area contributed by atoms with Gasteiger partial charge in [0.2, 0.25) is 5.95 Å². The largest absolute Gasteiger partial charge is 0.478 e. The molecule has 0 aliphatic heterocycles. The number of nitrogens with zero attached hydrogens (tertiary/aromatic N) is 1. The topological polar surface area (TPSA) is 62.2 Å². The van der Waals surface area contributed by atoms with Crippen LogP contribution in [0.3, 0.4) is 0 Å². The molecule has 0 atom stereocenters. The summed E-state index contributed by atoms with van der Waals surface area (Å²) in [5.74, 6) is -2.27. The van der Waals surface area contributed by atoms with Gasteiger partial charge in [0.05, 0.1) is 0 Å². The minimum Gasteiger partial charge on any atom is -0.478 e. The molecule has 0 aliphatic carbocycles. The average Bonchev–Trinajstić information content (AvgIpc) is 2.26. The Kier molecular flexibility index (Phi) is 4.60. The number of pyridine rings is 1. The van der Waals surface area contributed by atoms with Gasteiger partial charge in [-0.1, -0.05) is 12.2 Å². The van der Waals surface area contributed by atoms with Crippen molar-refractivity contribution in [3.05, 3.63) is 35.4 Å². The molecule has 0 bridgehead atoms. The third kappa shape index (κ3) is 3.43. The maximum atomic E-state index is 12.9. The van der Waals surface area contributed by atoms with Crippen LogP contribution in [0.15, 0.2) is 18.3 Å². The van der Waals surface area contributed by atoms with Crippen molar-refractivity contribution in [3.8, 4) is 0 Å². The minimum atomic E-state index is -1.31. The first-order chi connectivity index (χ1) is 7.65. The third-order valence-electron chi connectivity index (χ3n) is 1.96. The van der Waals surface area contributed by atoms with E-state index in [1.807, 2.05) is 13.1 Å². The molecule has 0 spiro atoms. The summed E-state index contributed by atoms with van der Waals surface area (Å²) in [7, 11) is 1.84. The molecule has 16 heavy (non-hydrogen) atoms. The standard InChI is InChI=1S/C11H13FN2O2/c1-13-5-3-2-4-8-6-9(11(15)16)10(12)14-7-8/h2,4,6-7,13H,3,5H2,1H3,(H,15,16). The number of carboxylic acids is 1. The molecule has 0 radical (unpaired) electrons. The number of hydrogen-bond donors (Lipinski definition) is 2. The van der Waals surface area contributed by atoms with Gasteiger partial charge in [-0.3, -0.25) is 0 Å². The molecule has 0 amide bonds. The van der Waals surface area contributed by atoms with Crippen molar-refractivity contribution in [2.24, 2.45) is 0 Å². The van der Waals surface area contributed by atoms with Crippen LogP contribution < -0.4 is 5.32 Å². The summed E-state index contributed by atoms with van der Waals surface area (Å²) in [4.78, 5) is 14.0. The SMILES string of the molecule is CNCCC=Cc1cnc(F)c(C(=O)O)c1. The number of aromatic nitrogens is 1. The van der Waals surface area contributed by atoms with Crippen molar-refractivity contribution < 1.29 is 14.3 Å². The van der Waals surface area contributed by atoms with Crippen LogP contribution in [0.5, 0.6) is 0 Å². The first-order valence-corrected chi connectivity index (χ1v) is 4.85. The van der Waals surface area contributed by atoms with E-state index < -0.39 is 17.5 Å². The fourth-order valence-corrected chi connectivity index (χ4v) is 1.15. The molecule has 1 aromatic heterocycles. The minimum absolute atomic E-state index is 0.407. The van der Waals surface area contributed by atoms with E-state index in [9.17, 15) is 9.18 Å². The monoisotopic (exact) mass is 224 g/mol. The molecule has 4 nitrogen and oxygen atoms in total. The van der Waals surface area contributed by atoms with Gasteiger partial charge in [0.25, 0.3) is 0 Å². The Morgan fingerprint density at radius 3 is 3.06 bits per heavy atom. The van der Waals surface area contributed by atoms with E-state index in [0.717, 1.165) is 13.0 Å². The van der Waals surface area contributed by atoms with Crippen LogP contribution in [-0.2, 0) is 0 Å². The zero-order valence-electron chi connectivity index (χ0n) is 8.90. The Labute approximate surface area is 92.8 Å². The van der Waals surface area contributed by atoms with Crippen LogP contribution >= 0.6 is 0 Å². The molecular formula is C11H13FN2O2. The Morgan fingerprint density at radius 2 is 2.44 bits per heavy atom. The molecular weight excluding hydrogens is 211 g/mol. The molecule has 0 aliphatic rings. The van der Waals surface area contributed by atoms with Crippen LogP contribution in [0.2, 0.25) is 0 Å². The van der Waals surface area contributed by atoms with Crippen molar-refractivity contribution >= 4 is 12.0 Å².